The van der Waals surface area contributed by atoms with Crippen molar-refractivity contribution in [3.8, 4) is 0 Å². The maximum absolute atomic E-state index is 12.2. The van der Waals surface area contributed by atoms with E-state index in [9.17, 15) is 9.59 Å². The number of aliphatic carboxylic acids is 1. The molecule has 2 aliphatic carbocycles. The molecule has 1 N–H and O–H groups in total. The Balaban J connectivity index is 2.01. The summed E-state index contributed by atoms with van der Waals surface area (Å²) in [7, 11) is 0. The van der Waals surface area contributed by atoms with Gasteiger partial charge in [-0.15, -0.1) is 0 Å². The molecule has 0 heterocycles. The minimum atomic E-state index is -0.897. The molecule has 90 valence electrons. The molecule has 2 unspecified atom stereocenters. The van der Waals surface area contributed by atoms with Gasteiger partial charge in [-0.25, -0.2) is 0 Å². The fourth-order valence-electron chi connectivity index (χ4n) is 2.64. The van der Waals surface area contributed by atoms with E-state index in [-0.39, 0.29) is 24.4 Å². The van der Waals surface area contributed by atoms with Gasteiger partial charge >= 0.3 is 5.97 Å². The molecule has 0 aromatic heterocycles. The van der Waals surface area contributed by atoms with Gasteiger partial charge in [0.25, 0.3) is 0 Å². The minimum absolute atomic E-state index is 0.0694. The molecule has 0 aromatic carbocycles. The Hall–Kier alpha value is -1.06. The SMILES string of the molecule is CC1CCCC1C(=O)N(CC(=O)O)C1CC1. The average Bonchev–Trinajstić information content (AvgIpc) is 2.97. The average molecular weight is 225 g/mol. The van der Waals surface area contributed by atoms with E-state index in [1.54, 1.807) is 4.90 Å². The van der Waals surface area contributed by atoms with E-state index >= 15 is 0 Å². The van der Waals surface area contributed by atoms with Crippen LogP contribution in [0.5, 0.6) is 0 Å². The molecule has 16 heavy (non-hydrogen) atoms. The van der Waals surface area contributed by atoms with Crippen molar-refractivity contribution in [3.63, 3.8) is 0 Å². The summed E-state index contributed by atoms with van der Waals surface area (Å²) in [5.41, 5.74) is 0. The van der Waals surface area contributed by atoms with Crippen LogP contribution in [0, 0.1) is 11.8 Å². The Morgan fingerprint density at radius 1 is 1.25 bits per heavy atom. The first kappa shape index (κ1) is 11.4. The van der Waals surface area contributed by atoms with Crippen LogP contribution in [0.25, 0.3) is 0 Å². The largest absolute Gasteiger partial charge is 0.480 e. The zero-order valence-corrected chi connectivity index (χ0v) is 9.69. The smallest absolute Gasteiger partial charge is 0.323 e. The van der Waals surface area contributed by atoms with Crippen molar-refractivity contribution >= 4 is 11.9 Å². The molecular weight excluding hydrogens is 206 g/mol. The number of rotatable bonds is 4. The molecule has 2 rings (SSSR count). The third kappa shape index (κ3) is 2.36. The van der Waals surface area contributed by atoms with Gasteiger partial charge in [0.1, 0.15) is 6.54 Å². The molecule has 1 amide bonds. The molecule has 0 bridgehead atoms. The highest BCUT2D eigenvalue weighted by Gasteiger charge is 2.39. The lowest BCUT2D eigenvalue weighted by Gasteiger charge is -2.25. The maximum Gasteiger partial charge on any atom is 0.323 e. The van der Waals surface area contributed by atoms with Crippen LogP contribution in [-0.4, -0.2) is 34.5 Å². The van der Waals surface area contributed by atoms with Crippen molar-refractivity contribution in [2.24, 2.45) is 11.8 Å². The van der Waals surface area contributed by atoms with E-state index in [2.05, 4.69) is 6.92 Å². The molecular formula is C12H19NO3. The summed E-state index contributed by atoms with van der Waals surface area (Å²) in [5, 5.41) is 8.82. The van der Waals surface area contributed by atoms with E-state index in [4.69, 9.17) is 5.11 Å². The number of hydrogen-bond acceptors (Lipinski definition) is 2. The molecule has 4 nitrogen and oxygen atoms in total. The van der Waals surface area contributed by atoms with E-state index in [1.165, 1.54) is 0 Å². The van der Waals surface area contributed by atoms with Crippen LogP contribution in [0.15, 0.2) is 0 Å². The first-order chi connectivity index (χ1) is 7.59. The van der Waals surface area contributed by atoms with Crippen LogP contribution in [0.1, 0.15) is 39.0 Å². The Labute approximate surface area is 95.6 Å². The third-order valence-corrected chi connectivity index (χ3v) is 3.76. The standard InChI is InChI=1S/C12H19NO3/c1-8-3-2-4-10(8)12(16)13(7-11(14)15)9-5-6-9/h8-10H,2-7H2,1H3,(H,14,15). The number of carboxylic acid groups (broad SMARTS) is 1. The number of nitrogens with zero attached hydrogens (tertiary/aromatic N) is 1. The Bertz CT molecular complexity index is 299. The number of carbonyl (C=O) groups is 2. The van der Waals surface area contributed by atoms with Crippen molar-refractivity contribution in [1.82, 2.24) is 4.90 Å². The second kappa shape index (κ2) is 4.44. The summed E-state index contributed by atoms with van der Waals surface area (Å²) in [6, 6.07) is 0.205. The zero-order valence-electron chi connectivity index (χ0n) is 9.69. The molecule has 0 aliphatic heterocycles. The van der Waals surface area contributed by atoms with E-state index in [1.807, 2.05) is 0 Å². The normalized spacial score (nSPS) is 29.1. The van der Waals surface area contributed by atoms with Crippen molar-refractivity contribution in [3.05, 3.63) is 0 Å². The monoisotopic (exact) mass is 225 g/mol. The van der Waals surface area contributed by atoms with Crippen LogP contribution in [0.3, 0.4) is 0 Å². The molecule has 0 aromatic rings. The highest BCUT2D eigenvalue weighted by Crippen LogP contribution is 2.35. The molecule has 2 aliphatic rings. The number of amides is 1. The third-order valence-electron chi connectivity index (χ3n) is 3.76. The lowest BCUT2D eigenvalue weighted by molar-refractivity contribution is -0.147. The van der Waals surface area contributed by atoms with Gasteiger partial charge in [0.2, 0.25) is 5.91 Å². The molecule has 0 saturated heterocycles. The second-order valence-corrected chi connectivity index (χ2v) is 5.11. The van der Waals surface area contributed by atoms with Crippen molar-refractivity contribution in [2.45, 2.75) is 45.1 Å². The second-order valence-electron chi connectivity index (χ2n) is 5.11. The molecule has 2 saturated carbocycles. The van der Waals surface area contributed by atoms with Crippen molar-refractivity contribution in [1.29, 1.82) is 0 Å². The first-order valence-electron chi connectivity index (χ1n) is 6.12. The zero-order chi connectivity index (χ0) is 11.7. The van der Waals surface area contributed by atoms with E-state index in [0.717, 1.165) is 32.1 Å². The summed E-state index contributed by atoms with van der Waals surface area (Å²) in [4.78, 5) is 24.6. The van der Waals surface area contributed by atoms with Crippen LogP contribution in [0.2, 0.25) is 0 Å². The molecule has 4 heteroatoms. The summed E-state index contributed by atoms with van der Waals surface area (Å²) in [5.74, 6) is -0.330. The Morgan fingerprint density at radius 3 is 2.38 bits per heavy atom. The topological polar surface area (TPSA) is 57.6 Å². The lowest BCUT2D eigenvalue weighted by Crippen LogP contribution is -2.41. The van der Waals surface area contributed by atoms with Gasteiger partial charge in [0.05, 0.1) is 0 Å². The van der Waals surface area contributed by atoms with Gasteiger partial charge in [-0.2, -0.15) is 0 Å². The fourth-order valence-corrected chi connectivity index (χ4v) is 2.64. The van der Waals surface area contributed by atoms with E-state index in [0.29, 0.717) is 5.92 Å². The molecule has 0 radical (unpaired) electrons. The van der Waals surface area contributed by atoms with Crippen LogP contribution in [-0.2, 0) is 9.59 Å². The van der Waals surface area contributed by atoms with Gasteiger partial charge in [0.15, 0.2) is 0 Å². The van der Waals surface area contributed by atoms with Crippen molar-refractivity contribution < 1.29 is 14.7 Å². The highest BCUT2D eigenvalue weighted by molar-refractivity contribution is 5.84. The van der Waals surface area contributed by atoms with Gasteiger partial charge in [-0.05, 0) is 31.6 Å². The number of carboxylic acids is 1. The summed E-state index contributed by atoms with van der Waals surface area (Å²) < 4.78 is 0. The molecule has 2 atom stereocenters. The van der Waals surface area contributed by atoms with Gasteiger partial charge in [0, 0.05) is 12.0 Å². The predicted molar refractivity (Wildman–Crippen MR) is 58.9 cm³/mol. The first-order valence-corrected chi connectivity index (χ1v) is 6.12. The quantitative estimate of drug-likeness (QED) is 0.788. The Kier molecular flexibility index (Phi) is 3.17. The summed E-state index contributed by atoms with van der Waals surface area (Å²) >= 11 is 0. The van der Waals surface area contributed by atoms with Gasteiger partial charge < -0.3 is 10.0 Å². The van der Waals surface area contributed by atoms with Crippen LogP contribution >= 0.6 is 0 Å². The van der Waals surface area contributed by atoms with Gasteiger partial charge in [-0.1, -0.05) is 13.3 Å². The fraction of sp³-hybridized carbons (Fsp3) is 0.833. The van der Waals surface area contributed by atoms with Crippen LogP contribution < -0.4 is 0 Å². The predicted octanol–water partition coefficient (Wildman–Crippen LogP) is 1.50. The Morgan fingerprint density at radius 2 is 1.94 bits per heavy atom. The maximum atomic E-state index is 12.2. The summed E-state index contributed by atoms with van der Waals surface area (Å²) in [6.45, 7) is 1.98. The highest BCUT2D eigenvalue weighted by atomic mass is 16.4. The number of hydrogen-bond donors (Lipinski definition) is 1. The van der Waals surface area contributed by atoms with Crippen molar-refractivity contribution in [2.75, 3.05) is 6.54 Å². The van der Waals surface area contributed by atoms with Gasteiger partial charge in [-0.3, -0.25) is 9.59 Å². The summed E-state index contributed by atoms with van der Waals surface area (Å²) in [6.07, 6.45) is 5.08. The molecule has 0 spiro atoms. The number of carbonyl (C=O) groups excluding carboxylic acids is 1. The van der Waals surface area contributed by atoms with Crippen LogP contribution in [0.4, 0.5) is 0 Å². The minimum Gasteiger partial charge on any atom is -0.480 e. The van der Waals surface area contributed by atoms with E-state index < -0.39 is 5.97 Å². The molecule has 2 fully saturated rings. The lowest BCUT2D eigenvalue weighted by atomic mass is 9.96.